The number of aromatic nitrogens is 2. The van der Waals surface area contributed by atoms with Crippen LogP contribution in [0.2, 0.25) is 0 Å². The molecule has 0 aliphatic carbocycles. The zero-order valence-electron chi connectivity index (χ0n) is 18.3. The molecule has 4 N–H and O–H groups in total. The number of nitrogens with zero attached hydrogens (tertiary/aromatic N) is 3. The van der Waals surface area contributed by atoms with Crippen molar-refractivity contribution in [3.8, 4) is 0 Å². The maximum absolute atomic E-state index is 12.7. The zero-order valence-corrected chi connectivity index (χ0v) is 19.2. The van der Waals surface area contributed by atoms with Gasteiger partial charge in [0.2, 0.25) is 0 Å². The Morgan fingerprint density at radius 1 is 1.28 bits per heavy atom. The molecule has 2 amide bonds. The number of anilines is 3. The van der Waals surface area contributed by atoms with Crippen LogP contribution in [0, 0.1) is 19.3 Å². The third-order valence-corrected chi connectivity index (χ3v) is 6.72. The van der Waals surface area contributed by atoms with Gasteiger partial charge in [-0.1, -0.05) is 0 Å². The highest BCUT2D eigenvalue weighted by Gasteiger charge is 2.34. The maximum atomic E-state index is 12.7. The first-order chi connectivity index (χ1) is 15.4. The number of urea groups is 1. The second-order valence-electron chi connectivity index (χ2n) is 8.11. The number of carbonyl (C=O) groups is 1. The number of aryl methyl sites for hydroxylation is 2. The molecule has 170 valence electrons. The van der Waals surface area contributed by atoms with Crippen molar-refractivity contribution in [3.63, 3.8) is 0 Å². The van der Waals surface area contributed by atoms with Gasteiger partial charge in [-0.2, -0.15) is 0 Å². The standard InChI is InChI=1S/C23H27N7OS.2H2/c1-14-5-7-32-22(14)18-12-30(3)13-20(18)28-23(31)29-21-9-16(10-24)19(11-26-21)27-17-4-6-25-15(2)8-17;;/h4-11,18,20,24H,12-13H2,1-3H3,(H,25,27)(H2,26,28,29,31);2*1H/t18-,20-;;/m0../s1. The van der Waals surface area contributed by atoms with E-state index in [0.29, 0.717) is 17.1 Å². The number of hydrogen-bond acceptors (Lipinski definition) is 7. The van der Waals surface area contributed by atoms with E-state index in [1.807, 2.05) is 19.1 Å². The van der Waals surface area contributed by atoms with Gasteiger partial charge < -0.3 is 20.9 Å². The molecule has 1 aliphatic heterocycles. The van der Waals surface area contributed by atoms with Crippen LogP contribution in [0.25, 0.3) is 0 Å². The second kappa shape index (κ2) is 9.46. The summed E-state index contributed by atoms with van der Waals surface area (Å²) in [6.45, 7) is 5.74. The summed E-state index contributed by atoms with van der Waals surface area (Å²) in [6, 6.07) is 7.31. The first kappa shape index (κ1) is 21.9. The van der Waals surface area contributed by atoms with Gasteiger partial charge in [0, 0.05) is 56.1 Å². The molecule has 3 aromatic rings. The van der Waals surface area contributed by atoms with Crippen LogP contribution in [-0.2, 0) is 0 Å². The van der Waals surface area contributed by atoms with E-state index >= 15 is 0 Å². The van der Waals surface area contributed by atoms with E-state index in [2.05, 4.69) is 56.2 Å². The molecule has 1 saturated heterocycles. The summed E-state index contributed by atoms with van der Waals surface area (Å²) >= 11 is 1.75. The Morgan fingerprint density at radius 2 is 2.12 bits per heavy atom. The van der Waals surface area contributed by atoms with Crippen molar-refractivity contribution in [1.82, 2.24) is 20.2 Å². The Balaban J connectivity index is 0.00000204. The van der Waals surface area contributed by atoms with E-state index < -0.39 is 0 Å². The van der Waals surface area contributed by atoms with Gasteiger partial charge in [-0.15, -0.1) is 11.3 Å². The highest BCUT2D eigenvalue weighted by atomic mass is 32.1. The normalized spacial score (nSPS) is 18.3. The molecule has 0 aromatic carbocycles. The monoisotopic (exact) mass is 453 g/mol. The summed E-state index contributed by atoms with van der Waals surface area (Å²) in [7, 11) is 2.07. The topological polar surface area (TPSA) is 106 Å². The van der Waals surface area contributed by atoms with Gasteiger partial charge >= 0.3 is 6.03 Å². The van der Waals surface area contributed by atoms with E-state index in [1.165, 1.54) is 16.7 Å². The molecule has 0 saturated carbocycles. The Morgan fingerprint density at radius 3 is 2.84 bits per heavy atom. The molecule has 0 unspecified atom stereocenters. The minimum atomic E-state index is -0.293. The maximum Gasteiger partial charge on any atom is 0.320 e. The lowest BCUT2D eigenvalue weighted by Crippen LogP contribution is -2.42. The number of amides is 2. The van der Waals surface area contributed by atoms with E-state index in [-0.39, 0.29) is 20.8 Å². The van der Waals surface area contributed by atoms with Gasteiger partial charge in [-0.05, 0) is 56.1 Å². The van der Waals surface area contributed by atoms with Crippen LogP contribution < -0.4 is 16.0 Å². The van der Waals surface area contributed by atoms with Crippen molar-refractivity contribution in [2.24, 2.45) is 0 Å². The average Bonchev–Trinajstić information content (AvgIpc) is 3.33. The second-order valence-corrected chi connectivity index (χ2v) is 9.06. The number of pyridine rings is 2. The van der Waals surface area contributed by atoms with Gasteiger partial charge in [0.1, 0.15) is 5.82 Å². The van der Waals surface area contributed by atoms with Crippen molar-refractivity contribution in [2.75, 3.05) is 30.8 Å². The molecular weight excluding hydrogens is 422 g/mol. The Hall–Kier alpha value is -3.30. The molecule has 0 bridgehead atoms. The van der Waals surface area contributed by atoms with Gasteiger partial charge in [-0.3, -0.25) is 10.3 Å². The molecule has 8 nitrogen and oxygen atoms in total. The van der Waals surface area contributed by atoms with Gasteiger partial charge in [0.25, 0.3) is 0 Å². The number of hydrogen-bond donors (Lipinski definition) is 4. The average molecular weight is 454 g/mol. The predicted molar refractivity (Wildman–Crippen MR) is 134 cm³/mol. The number of thiophene rings is 1. The van der Waals surface area contributed by atoms with E-state index in [9.17, 15) is 4.79 Å². The molecule has 4 heterocycles. The molecule has 3 aromatic heterocycles. The molecule has 1 fully saturated rings. The quantitative estimate of drug-likeness (QED) is 0.408. The molecule has 0 radical (unpaired) electrons. The number of rotatable bonds is 6. The summed E-state index contributed by atoms with van der Waals surface area (Å²) in [5.74, 6) is 0.666. The first-order valence-corrected chi connectivity index (χ1v) is 11.3. The molecular formula is C23H31N7OS. The van der Waals surface area contributed by atoms with Crippen LogP contribution in [0.4, 0.5) is 22.0 Å². The Bertz CT molecular complexity index is 1140. The lowest BCUT2D eigenvalue weighted by molar-refractivity contribution is 0.247. The van der Waals surface area contributed by atoms with Crippen LogP contribution >= 0.6 is 11.3 Å². The van der Waals surface area contributed by atoms with Crippen molar-refractivity contribution in [3.05, 3.63) is 63.7 Å². The van der Waals surface area contributed by atoms with Crippen LogP contribution in [-0.4, -0.2) is 53.3 Å². The fourth-order valence-corrected chi connectivity index (χ4v) is 5.13. The summed E-state index contributed by atoms with van der Waals surface area (Å²) < 4.78 is 0. The van der Waals surface area contributed by atoms with Crippen molar-refractivity contribution in [2.45, 2.75) is 25.8 Å². The van der Waals surface area contributed by atoms with Crippen molar-refractivity contribution < 1.29 is 7.65 Å². The molecule has 0 spiro atoms. The summed E-state index contributed by atoms with van der Waals surface area (Å²) in [5, 5.41) is 19.1. The van der Waals surface area contributed by atoms with E-state index in [1.54, 1.807) is 29.8 Å². The first-order valence-electron chi connectivity index (χ1n) is 10.4. The minimum absolute atomic E-state index is 0. The van der Waals surface area contributed by atoms with Crippen molar-refractivity contribution >= 4 is 40.8 Å². The zero-order chi connectivity index (χ0) is 22.7. The molecule has 1 aliphatic rings. The number of likely N-dealkylation sites (N-methyl/N-ethyl adjacent to an activating group) is 1. The third-order valence-electron chi connectivity index (χ3n) is 5.57. The fourth-order valence-electron chi connectivity index (χ4n) is 4.04. The summed E-state index contributed by atoms with van der Waals surface area (Å²) in [6.07, 6.45) is 4.58. The third kappa shape index (κ3) is 4.95. The fraction of sp³-hybridized carbons (Fsp3) is 0.304. The van der Waals surface area contributed by atoms with Crippen molar-refractivity contribution in [1.29, 1.82) is 5.41 Å². The van der Waals surface area contributed by atoms with E-state index in [4.69, 9.17) is 5.41 Å². The Labute approximate surface area is 194 Å². The van der Waals surface area contributed by atoms with Crippen LogP contribution in [0.1, 0.15) is 30.5 Å². The van der Waals surface area contributed by atoms with Gasteiger partial charge in [0.05, 0.1) is 17.9 Å². The summed E-state index contributed by atoms with van der Waals surface area (Å²) in [4.78, 5) is 24.8. The largest absolute Gasteiger partial charge is 0.354 e. The molecule has 32 heavy (non-hydrogen) atoms. The molecule has 2 atom stereocenters. The smallest absolute Gasteiger partial charge is 0.320 e. The number of likely N-dealkylation sites (tertiary alicyclic amines) is 1. The number of nitrogens with one attached hydrogen (secondary N) is 4. The Kier molecular flexibility index (Phi) is 6.48. The van der Waals surface area contributed by atoms with Gasteiger partial charge in [-0.25, -0.2) is 9.78 Å². The van der Waals surface area contributed by atoms with Gasteiger partial charge in [0.15, 0.2) is 0 Å². The highest BCUT2D eigenvalue weighted by molar-refractivity contribution is 7.10. The number of carbonyl (C=O) groups excluding carboxylic acids is 1. The van der Waals surface area contributed by atoms with Crippen LogP contribution in [0.15, 0.2) is 42.0 Å². The summed E-state index contributed by atoms with van der Waals surface area (Å²) in [5.41, 5.74) is 4.33. The SMILES string of the molecule is Cc1cc(Nc2cnc(NC(=O)N[C@H]3CN(C)C[C@@H]3c3sccc3C)cc2C=N)ccn1.[HH].[HH]. The molecule has 4 rings (SSSR count). The lowest BCUT2D eigenvalue weighted by Gasteiger charge is -2.20. The van der Waals surface area contributed by atoms with Crippen LogP contribution in [0.3, 0.4) is 0 Å². The van der Waals surface area contributed by atoms with Crippen LogP contribution in [0.5, 0.6) is 0 Å². The lowest BCUT2D eigenvalue weighted by atomic mass is 9.99. The molecule has 9 heteroatoms. The minimum Gasteiger partial charge on any atom is -0.354 e. The predicted octanol–water partition coefficient (Wildman–Crippen LogP) is 4.61. The highest BCUT2D eigenvalue weighted by Crippen LogP contribution is 2.33. The van der Waals surface area contributed by atoms with E-state index in [0.717, 1.165) is 24.5 Å².